The zero-order valence-corrected chi connectivity index (χ0v) is 13.7. The Balaban J connectivity index is 1.53. The highest BCUT2D eigenvalue weighted by Gasteiger charge is 2.10. The van der Waals surface area contributed by atoms with Crippen LogP contribution in [-0.2, 0) is 6.61 Å². The highest BCUT2D eigenvalue weighted by Crippen LogP contribution is 2.30. The molecular weight excluding hydrogens is 318 g/mol. The van der Waals surface area contributed by atoms with Crippen molar-refractivity contribution in [2.24, 2.45) is 0 Å². The molecule has 2 aromatic carbocycles. The number of benzene rings is 2. The summed E-state index contributed by atoms with van der Waals surface area (Å²) in [6, 6.07) is 22.2. The number of nitrogens with zero attached hydrogens (tertiary/aromatic N) is 1. The van der Waals surface area contributed by atoms with Crippen LogP contribution in [0.5, 0.6) is 5.75 Å². The van der Waals surface area contributed by atoms with Crippen molar-refractivity contribution >= 4 is 11.3 Å². The number of hydrogen-bond donors (Lipinski definition) is 0. The molecule has 0 atom stereocenters. The van der Waals surface area contributed by atoms with E-state index in [9.17, 15) is 0 Å². The largest absolute Gasteiger partial charge is 0.487 e. The number of aromatic nitrogens is 1. The van der Waals surface area contributed by atoms with Crippen LogP contribution >= 0.6 is 11.3 Å². The third-order valence-electron chi connectivity index (χ3n) is 3.63. The standard InChI is InChI=1S/C20H15NO2S/c1-2-7-15(8-3-1)17-9-4-5-10-18(17)22-13-16-14-23-20(21-16)19-11-6-12-24-19/h1-12,14H,13H2. The molecule has 24 heavy (non-hydrogen) atoms. The molecule has 0 saturated heterocycles. The second kappa shape index (κ2) is 6.72. The van der Waals surface area contributed by atoms with Crippen LogP contribution < -0.4 is 4.74 Å². The quantitative estimate of drug-likeness (QED) is 0.473. The second-order valence-electron chi connectivity index (χ2n) is 5.27. The zero-order chi connectivity index (χ0) is 16.2. The van der Waals surface area contributed by atoms with Gasteiger partial charge in [0.05, 0.1) is 4.88 Å². The van der Waals surface area contributed by atoms with E-state index in [-0.39, 0.29) is 0 Å². The summed E-state index contributed by atoms with van der Waals surface area (Å²) in [5, 5.41) is 2.01. The number of oxazole rings is 1. The Morgan fingerprint density at radius 2 is 1.75 bits per heavy atom. The molecule has 2 aromatic heterocycles. The first kappa shape index (κ1) is 14.7. The fourth-order valence-corrected chi connectivity index (χ4v) is 3.14. The summed E-state index contributed by atoms with van der Waals surface area (Å²) in [5.41, 5.74) is 2.98. The topological polar surface area (TPSA) is 35.3 Å². The lowest BCUT2D eigenvalue weighted by Crippen LogP contribution is -1.97. The van der Waals surface area contributed by atoms with E-state index >= 15 is 0 Å². The molecule has 0 aliphatic heterocycles. The molecule has 0 unspecified atom stereocenters. The van der Waals surface area contributed by atoms with E-state index in [1.54, 1.807) is 17.6 Å². The molecule has 0 aliphatic rings. The lowest BCUT2D eigenvalue weighted by Gasteiger charge is -2.10. The average molecular weight is 333 g/mol. The third kappa shape index (κ3) is 3.09. The summed E-state index contributed by atoms with van der Waals surface area (Å²) in [7, 11) is 0. The molecular formula is C20H15NO2S. The van der Waals surface area contributed by atoms with Crippen LogP contribution in [0.25, 0.3) is 21.9 Å². The number of para-hydroxylation sites is 1. The SMILES string of the molecule is c1ccc(-c2ccccc2OCc2coc(-c3cccs3)n2)cc1. The van der Waals surface area contributed by atoms with Gasteiger partial charge in [-0.05, 0) is 23.1 Å². The van der Waals surface area contributed by atoms with E-state index in [4.69, 9.17) is 9.15 Å². The van der Waals surface area contributed by atoms with Crippen molar-refractivity contribution < 1.29 is 9.15 Å². The van der Waals surface area contributed by atoms with Gasteiger partial charge in [-0.25, -0.2) is 4.98 Å². The average Bonchev–Trinajstić information content (AvgIpc) is 3.32. The molecule has 3 nitrogen and oxygen atoms in total. The van der Waals surface area contributed by atoms with Crippen LogP contribution in [0, 0.1) is 0 Å². The predicted molar refractivity (Wildman–Crippen MR) is 96.0 cm³/mol. The number of hydrogen-bond acceptors (Lipinski definition) is 4. The van der Waals surface area contributed by atoms with Crippen LogP contribution in [0.2, 0.25) is 0 Å². The van der Waals surface area contributed by atoms with Gasteiger partial charge in [-0.1, -0.05) is 54.6 Å². The van der Waals surface area contributed by atoms with E-state index in [0.717, 1.165) is 27.4 Å². The fraction of sp³-hybridized carbons (Fsp3) is 0.0500. The highest BCUT2D eigenvalue weighted by molar-refractivity contribution is 7.13. The van der Waals surface area contributed by atoms with E-state index < -0.39 is 0 Å². The summed E-state index contributed by atoms with van der Waals surface area (Å²) in [6.07, 6.45) is 1.65. The van der Waals surface area contributed by atoms with E-state index in [2.05, 4.69) is 23.2 Å². The Morgan fingerprint density at radius 1 is 0.917 bits per heavy atom. The summed E-state index contributed by atoms with van der Waals surface area (Å²) < 4.78 is 11.5. The highest BCUT2D eigenvalue weighted by atomic mass is 32.1. The summed E-state index contributed by atoms with van der Waals surface area (Å²) in [4.78, 5) is 5.51. The molecule has 0 amide bonds. The van der Waals surface area contributed by atoms with Gasteiger partial charge in [-0.15, -0.1) is 11.3 Å². The summed E-state index contributed by atoms with van der Waals surface area (Å²) >= 11 is 1.61. The maximum absolute atomic E-state index is 5.99. The van der Waals surface area contributed by atoms with Crippen LogP contribution in [0.1, 0.15) is 5.69 Å². The molecule has 0 saturated carbocycles. The molecule has 0 fully saturated rings. The molecule has 0 radical (unpaired) electrons. The fourth-order valence-electron chi connectivity index (χ4n) is 2.49. The van der Waals surface area contributed by atoms with Crippen LogP contribution in [0.3, 0.4) is 0 Å². The number of thiophene rings is 1. The van der Waals surface area contributed by atoms with Crippen molar-refractivity contribution in [1.29, 1.82) is 0 Å². The maximum Gasteiger partial charge on any atom is 0.236 e. The van der Waals surface area contributed by atoms with E-state index in [1.165, 1.54) is 0 Å². The molecule has 2 heterocycles. The van der Waals surface area contributed by atoms with Gasteiger partial charge < -0.3 is 9.15 Å². The summed E-state index contributed by atoms with van der Waals surface area (Å²) in [6.45, 7) is 0.374. The first-order valence-corrected chi connectivity index (χ1v) is 8.53. The minimum absolute atomic E-state index is 0.374. The van der Waals surface area contributed by atoms with Gasteiger partial charge in [0, 0.05) is 5.56 Å². The van der Waals surface area contributed by atoms with Gasteiger partial charge in [0.1, 0.15) is 24.3 Å². The lowest BCUT2D eigenvalue weighted by molar-refractivity contribution is 0.302. The summed E-state index contributed by atoms with van der Waals surface area (Å²) in [5.74, 6) is 1.48. The van der Waals surface area contributed by atoms with Gasteiger partial charge in [0.2, 0.25) is 5.89 Å². The first-order valence-electron chi connectivity index (χ1n) is 7.66. The van der Waals surface area contributed by atoms with Gasteiger partial charge in [-0.2, -0.15) is 0 Å². The van der Waals surface area contributed by atoms with Crippen molar-refractivity contribution in [2.75, 3.05) is 0 Å². The molecule has 118 valence electrons. The molecule has 0 bridgehead atoms. The Morgan fingerprint density at radius 3 is 2.58 bits per heavy atom. The Kier molecular flexibility index (Phi) is 4.13. The number of ether oxygens (including phenoxy) is 1. The van der Waals surface area contributed by atoms with E-state index in [1.807, 2.05) is 53.9 Å². The maximum atomic E-state index is 5.99. The second-order valence-corrected chi connectivity index (χ2v) is 6.22. The van der Waals surface area contributed by atoms with Crippen molar-refractivity contribution in [3.05, 3.63) is 84.1 Å². The van der Waals surface area contributed by atoms with E-state index in [0.29, 0.717) is 12.5 Å². The minimum atomic E-state index is 0.374. The van der Waals surface area contributed by atoms with Crippen LogP contribution in [-0.4, -0.2) is 4.98 Å². The van der Waals surface area contributed by atoms with Gasteiger partial charge >= 0.3 is 0 Å². The molecule has 0 N–H and O–H groups in total. The Bertz CT molecular complexity index is 914. The van der Waals surface area contributed by atoms with Gasteiger partial charge in [-0.3, -0.25) is 0 Å². The minimum Gasteiger partial charge on any atom is -0.487 e. The van der Waals surface area contributed by atoms with Crippen molar-refractivity contribution in [1.82, 2.24) is 4.98 Å². The zero-order valence-electron chi connectivity index (χ0n) is 12.9. The van der Waals surface area contributed by atoms with Crippen LogP contribution in [0.15, 0.2) is 82.8 Å². The lowest BCUT2D eigenvalue weighted by atomic mass is 10.1. The third-order valence-corrected chi connectivity index (χ3v) is 4.49. The van der Waals surface area contributed by atoms with Crippen molar-refractivity contribution in [2.45, 2.75) is 6.61 Å². The predicted octanol–water partition coefficient (Wildman–Crippen LogP) is 5.65. The monoisotopic (exact) mass is 333 g/mol. The van der Waals surface area contributed by atoms with Gasteiger partial charge in [0.15, 0.2) is 0 Å². The smallest absolute Gasteiger partial charge is 0.236 e. The normalized spacial score (nSPS) is 10.7. The van der Waals surface area contributed by atoms with Gasteiger partial charge in [0.25, 0.3) is 0 Å². The van der Waals surface area contributed by atoms with Crippen molar-refractivity contribution in [3.63, 3.8) is 0 Å². The Labute approximate surface area is 144 Å². The molecule has 4 aromatic rings. The molecule has 4 rings (SSSR count). The Hall–Kier alpha value is -2.85. The van der Waals surface area contributed by atoms with Crippen molar-refractivity contribution in [3.8, 4) is 27.6 Å². The molecule has 0 aliphatic carbocycles. The number of rotatable bonds is 5. The molecule has 4 heteroatoms. The first-order chi connectivity index (χ1) is 11.9. The van der Waals surface area contributed by atoms with Crippen LogP contribution in [0.4, 0.5) is 0 Å². The molecule has 0 spiro atoms.